The molecule has 6 rings (SSSR count). The summed E-state index contributed by atoms with van der Waals surface area (Å²) in [7, 11) is 1.98. The Morgan fingerprint density at radius 2 is 1.36 bits per heavy atom. The van der Waals surface area contributed by atoms with Crippen molar-refractivity contribution in [1.82, 2.24) is 20.6 Å². The van der Waals surface area contributed by atoms with Crippen LogP contribution in [0.4, 0.5) is 0 Å². The molecule has 2 heterocycles. The summed E-state index contributed by atoms with van der Waals surface area (Å²) >= 11 is 0. The fraction of sp³-hybridized carbons (Fsp3) is 0.361. The predicted octanol–water partition coefficient (Wildman–Crippen LogP) is 5.41. The molecule has 0 amide bonds. The number of rotatable bonds is 7. The molecule has 2 aliphatic rings. The van der Waals surface area contributed by atoms with Crippen LogP contribution in [0.2, 0.25) is 0 Å². The van der Waals surface area contributed by atoms with Crippen molar-refractivity contribution in [3.63, 3.8) is 0 Å². The van der Waals surface area contributed by atoms with Gasteiger partial charge in [0.25, 0.3) is 0 Å². The van der Waals surface area contributed by atoms with Crippen LogP contribution in [0.5, 0.6) is 0 Å². The number of carbonyl (C=O) groups is 1. The maximum absolute atomic E-state index is 10.2. The number of nitrogens with two attached hydrogens (primary N) is 1. The quantitative estimate of drug-likeness (QED) is 0.261. The molecule has 2 unspecified atom stereocenters. The van der Waals surface area contributed by atoms with Gasteiger partial charge in [0.15, 0.2) is 0 Å². The SMILES string of the molecule is CCc1ccc(C=O)cc1.CNCc1ccc(CNC2CCc3cccnc3C2)cc1.NC1CCc2cccnc2C1. The van der Waals surface area contributed by atoms with Crippen molar-refractivity contribution < 1.29 is 4.79 Å². The van der Waals surface area contributed by atoms with Crippen LogP contribution in [0.15, 0.2) is 85.2 Å². The Bertz CT molecular complexity index is 1370. The second-order valence-electron chi connectivity index (χ2n) is 11.1. The van der Waals surface area contributed by atoms with Gasteiger partial charge in [0.2, 0.25) is 0 Å². The van der Waals surface area contributed by atoms with Crippen molar-refractivity contribution in [2.45, 2.75) is 77.0 Å². The van der Waals surface area contributed by atoms with Crippen molar-refractivity contribution in [3.8, 4) is 0 Å². The van der Waals surface area contributed by atoms with Crippen molar-refractivity contribution in [2.24, 2.45) is 5.73 Å². The molecule has 6 nitrogen and oxygen atoms in total. The van der Waals surface area contributed by atoms with Gasteiger partial charge in [-0.3, -0.25) is 14.8 Å². The van der Waals surface area contributed by atoms with E-state index < -0.39 is 0 Å². The van der Waals surface area contributed by atoms with Crippen molar-refractivity contribution in [2.75, 3.05) is 7.05 Å². The van der Waals surface area contributed by atoms with Crippen LogP contribution in [-0.2, 0) is 45.2 Å². The molecule has 0 fully saturated rings. The second-order valence-corrected chi connectivity index (χ2v) is 11.1. The molecule has 2 aromatic heterocycles. The Balaban J connectivity index is 0.000000162. The maximum Gasteiger partial charge on any atom is 0.150 e. The molecular formula is C36H45N5O. The molecule has 4 N–H and O–H groups in total. The highest BCUT2D eigenvalue weighted by Gasteiger charge is 2.18. The fourth-order valence-electron chi connectivity index (χ4n) is 5.37. The lowest BCUT2D eigenvalue weighted by Gasteiger charge is -2.24. The molecular weight excluding hydrogens is 518 g/mol. The van der Waals surface area contributed by atoms with E-state index in [9.17, 15) is 4.79 Å². The first kappa shape index (κ1) is 31.2. The van der Waals surface area contributed by atoms with E-state index in [0.29, 0.717) is 12.1 Å². The summed E-state index contributed by atoms with van der Waals surface area (Å²) in [6.45, 7) is 3.96. The zero-order valence-electron chi connectivity index (χ0n) is 25.1. The molecule has 2 aliphatic carbocycles. The second kappa shape index (κ2) is 16.7. The van der Waals surface area contributed by atoms with Gasteiger partial charge in [-0.05, 0) is 79.1 Å². The van der Waals surface area contributed by atoms with E-state index >= 15 is 0 Å². The number of nitrogens with one attached hydrogen (secondary N) is 2. The first-order valence-corrected chi connectivity index (χ1v) is 15.2. The summed E-state index contributed by atoms with van der Waals surface area (Å²) in [5.41, 5.74) is 15.8. The first-order chi connectivity index (χ1) is 20.6. The van der Waals surface area contributed by atoms with Gasteiger partial charge in [0.1, 0.15) is 6.29 Å². The van der Waals surface area contributed by atoms with E-state index in [1.165, 1.54) is 45.6 Å². The topological polar surface area (TPSA) is 92.9 Å². The van der Waals surface area contributed by atoms with Crippen LogP contribution in [0.25, 0.3) is 0 Å². The Labute approximate surface area is 251 Å². The lowest BCUT2D eigenvalue weighted by Crippen LogP contribution is -2.34. The summed E-state index contributed by atoms with van der Waals surface area (Å²) in [6.07, 6.45) is 12.2. The van der Waals surface area contributed by atoms with E-state index in [0.717, 1.165) is 63.5 Å². The molecule has 42 heavy (non-hydrogen) atoms. The Morgan fingerprint density at radius 1 is 0.786 bits per heavy atom. The summed E-state index contributed by atoms with van der Waals surface area (Å²) in [5.74, 6) is 0. The molecule has 0 radical (unpaired) electrons. The van der Waals surface area contributed by atoms with Crippen LogP contribution in [0, 0.1) is 0 Å². The van der Waals surface area contributed by atoms with Crippen molar-refractivity contribution >= 4 is 6.29 Å². The average Bonchev–Trinajstić information content (AvgIpc) is 3.05. The van der Waals surface area contributed by atoms with Gasteiger partial charge in [-0.1, -0.05) is 67.6 Å². The van der Waals surface area contributed by atoms with E-state index in [1.54, 1.807) is 0 Å². The molecule has 4 aromatic rings. The van der Waals surface area contributed by atoms with Crippen molar-refractivity contribution in [3.05, 3.63) is 130 Å². The van der Waals surface area contributed by atoms with Gasteiger partial charge >= 0.3 is 0 Å². The largest absolute Gasteiger partial charge is 0.327 e. The Hall–Kier alpha value is -3.71. The molecule has 0 spiro atoms. The van der Waals surface area contributed by atoms with E-state index in [1.807, 2.05) is 55.8 Å². The van der Waals surface area contributed by atoms with Gasteiger partial charge in [0, 0.05) is 67.4 Å². The molecule has 0 aliphatic heterocycles. The normalized spacial score (nSPS) is 16.9. The molecule has 0 saturated heterocycles. The van der Waals surface area contributed by atoms with Crippen LogP contribution >= 0.6 is 0 Å². The summed E-state index contributed by atoms with van der Waals surface area (Å²) in [6, 6.07) is 25.7. The number of aryl methyl sites for hydroxylation is 3. The number of hydrogen-bond acceptors (Lipinski definition) is 6. The first-order valence-electron chi connectivity index (χ1n) is 15.2. The Morgan fingerprint density at radius 3 is 1.95 bits per heavy atom. The number of benzene rings is 2. The van der Waals surface area contributed by atoms with Crippen LogP contribution < -0.4 is 16.4 Å². The number of nitrogens with zero attached hydrogens (tertiary/aromatic N) is 2. The minimum Gasteiger partial charge on any atom is -0.327 e. The fourth-order valence-corrected chi connectivity index (χ4v) is 5.37. The number of carbonyl (C=O) groups excluding carboxylic acids is 1. The molecule has 2 aromatic carbocycles. The highest BCUT2D eigenvalue weighted by atomic mass is 16.1. The minimum absolute atomic E-state index is 0.331. The standard InChI is InChI=1S/C18H23N3.C9H12N2.C9H10O/c1-19-12-14-4-6-15(7-5-14)13-21-17-9-8-16-3-2-10-20-18(16)11-17;10-8-4-3-7-2-1-5-11-9(7)6-8;1-2-8-3-5-9(7-10)6-4-8/h2-7,10,17,19,21H,8-9,11-13H2,1H3;1-2,5,8H,3-4,6,10H2;3-7H,2H2,1H3. The highest BCUT2D eigenvalue weighted by Crippen LogP contribution is 2.20. The van der Waals surface area contributed by atoms with Crippen LogP contribution in [0.3, 0.4) is 0 Å². The maximum atomic E-state index is 10.2. The lowest BCUT2D eigenvalue weighted by molar-refractivity contribution is 0.112. The molecule has 220 valence electrons. The third-order valence-electron chi connectivity index (χ3n) is 7.93. The third-order valence-corrected chi connectivity index (χ3v) is 7.93. The van der Waals surface area contributed by atoms with Gasteiger partial charge in [-0.2, -0.15) is 0 Å². The minimum atomic E-state index is 0.331. The zero-order chi connectivity index (χ0) is 29.6. The zero-order valence-corrected chi connectivity index (χ0v) is 25.1. The lowest BCUT2D eigenvalue weighted by atomic mass is 9.92. The summed E-state index contributed by atoms with van der Waals surface area (Å²) < 4.78 is 0. The Kier molecular flexibility index (Phi) is 12.4. The number of fused-ring (bicyclic) bond motifs is 2. The number of pyridine rings is 2. The van der Waals surface area contributed by atoms with Crippen LogP contribution in [0.1, 0.15) is 69.3 Å². The van der Waals surface area contributed by atoms with Crippen molar-refractivity contribution in [1.29, 1.82) is 0 Å². The summed E-state index contributed by atoms with van der Waals surface area (Å²) in [5, 5.41) is 6.85. The molecule has 6 heteroatoms. The summed E-state index contributed by atoms with van der Waals surface area (Å²) in [4.78, 5) is 19.0. The average molecular weight is 564 g/mol. The van der Waals surface area contributed by atoms with Gasteiger partial charge in [-0.15, -0.1) is 0 Å². The molecule has 0 bridgehead atoms. The van der Waals surface area contributed by atoms with Gasteiger partial charge in [-0.25, -0.2) is 0 Å². The van der Waals surface area contributed by atoms with Gasteiger partial charge < -0.3 is 16.4 Å². The predicted molar refractivity (Wildman–Crippen MR) is 172 cm³/mol. The molecule has 0 saturated carbocycles. The van der Waals surface area contributed by atoms with E-state index in [-0.39, 0.29) is 0 Å². The smallest absolute Gasteiger partial charge is 0.150 e. The molecule has 2 atom stereocenters. The number of aldehydes is 1. The van der Waals surface area contributed by atoms with E-state index in [2.05, 4.69) is 63.9 Å². The monoisotopic (exact) mass is 563 g/mol. The van der Waals surface area contributed by atoms with Crippen LogP contribution in [-0.4, -0.2) is 35.4 Å². The number of hydrogen-bond donors (Lipinski definition) is 3. The third kappa shape index (κ3) is 9.69. The highest BCUT2D eigenvalue weighted by molar-refractivity contribution is 5.74. The number of aromatic nitrogens is 2. The van der Waals surface area contributed by atoms with Gasteiger partial charge in [0.05, 0.1) is 0 Å². The van der Waals surface area contributed by atoms with E-state index in [4.69, 9.17) is 5.73 Å².